The normalized spacial score (nSPS) is 9.76. The summed E-state index contributed by atoms with van der Waals surface area (Å²) >= 11 is 0. The summed E-state index contributed by atoms with van der Waals surface area (Å²) in [6.07, 6.45) is 0. The van der Waals surface area contributed by atoms with Crippen molar-refractivity contribution >= 4 is 17.6 Å². The van der Waals surface area contributed by atoms with E-state index in [0.717, 1.165) is 19.6 Å². The number of hydrogen-bond acceptors (Lipinski definition) is 4. The van der Waals surface area contributed by atoms with Crippen LogP contribution in [-0.2, 0) is 4.79 Å². The fourth-order valence-electron chi connectivity index (χ4n) is 1.58. The molecule has 0 fully saturated rings. The van der Waals surface area contributed by atoms with Gasteiger partial charge in [-0.1, -0.05) is 13.8 Å². The average Bonchev–Trinajstić information content (AvgIpc) is 2.45. The Labute approximate surface area is 125 Å². The van der Waals surface area contributed by atoms with E-state index in [-0.39, 0.29) is 18.1 Å². The van der Waals surface area contributed by atoms with Crippen LogP contribution in [0.15, 0.2) is 24.3 Å². The summed E-state index contributed by atoms with van der Waals surface area (Å²) in [6.45, 7) is 8.76. The van der Waals surface area contributed by atoms with E-state index in [1.54, 1.807) is 12.1 Å². The number of carboxylic acid groups (broad SMARTS) is 1. The van der Waals surface area contributed by atoms with Crippen molar-refractivity contribution in [1.29, 1.82) is 0 Å². The van der Waals surface area contributed by atoms with Gasteiger partial charge >= 0.3 is 5.97 Å². The predicted octanol–water partition coefficient (Wildman–Crippen LogP) is 1.66. The smallest absolute Gasteiger partial charge is 0.335 e. The zero-order valence-corrected chi connectivity index (χ0v) is 12.8. The number of rotatable bonds is 6. The highest BCUT2D eigenvalue weighted by Gasteiger charge is 2.01. The van der Waals surface area contributed by atoms with Crippen molar-refractivity contribution in [3.05, 3.63) is 29.8 Å². The summed E-state index contributed by atoms with van der Waals surface area (Å²) in [5.74, 6) is -1.16. The molecule has 0 unspecified atom stereocenters. The van der Waals surface area contributed by atoms with Crippen molar-refractivity contribution in [1.82, 2.24) is 4.90 Å². The molecule has 1 aromatic carbocycles. The SMILES string of the molecule is CC(=O)Nc1ccc(C(=O)O)cc1.CCN(CC)CCO. The number of nitrogens with one attached hydrogen (secondary N) is 1. The summed E-state index contributed by atoms with van der Waals surface area (Å²) in [4.78, 5) is 23.2. The Balaban J connectivity index is 0.000000433. The van der Waals surface area contributed by atoms with Gasteiger partial charge in [-0.05, 0) is 37.4 Å². The second kappa shape index (κ2) is 10.8. The van der Waals surface area contributed by atoms with Gasteiger partial charge in [-0.2, -0.15) is 0 Å². The third-order valence-electron chi connectivity index (χ3n) is 2.76. The Morgan fingerprint density at radius 3 is 1.95 bits per heavy atom. The van der Waals surface area contributed by atoms with Crippen LogP contribution in [0.4, 0.5) is 5.69 Å². The number of benzene rings is 1. The summed E-state index contributed by atoms with van der Waals surface area (Å²) in [5.41, 5.74) is 0.798. The molecule has 0 radical (unpaired) electrons. The molecule has 0 aromatic heterocycles. The summed E-state index contributed by atoms with van der Waals surface area (Å²) < 4.78 is 0. The lowest BCUT2D eigenvalue weighted by atomic mass is 10.2. The maximum absolute atomic E-state index is 10.6. The van der Waals surface area contributed by atoms with Crippen molar-refractivity contribution in [2.24, 2.45) is 0 Å². The lowest BCUT2D eigenvalue weighted by Gasteiger charge is -2.15. The van der Waals surface area contributed by atoms with E-state index in [0.29, 0.717) is 5.69 Å². The second-order valence-corrected chi connectivity index (χ2v) is 4.31. The standard InChI is InChI=1S/C9H9NO3.C6H15NO/c1-6(11)10-8-4-2-7(3-5-8)9(12)13;1-3-7(4-2)5-6-8/h2-5H,1H3,(H,10,11)(H,12,13);8H,3-6H2,1-2H3. The van der Waals surface area contributed by atoms with Crippen LogP contribution in [0.5, 0.6) is 0 Å². The first-order chi connectivity index (χ1) is 9.94. The molecule has 3 N–H and O–H groups in total. The van der Waals surface area contributed by atoms with Crippen LogP contribution in [-0.4, -0.2) is 53.2 Å². The van der Waals surface area contributed by atoms with E-state index in [4.69, 9.17) is 10.2 Å². The van der Waals surface area contributed by atoms with E-state index in [1.807, 2.05) is 0 Å². The predicted molar refractivity (Wildman–Crippen MR) is 82.6 cm³/mol. The van der Waals surface area contributed by atoms with Crippen LogP contribution in [0.1, 0.15) is 31.1 Å². The Morgan fingerprint density at radius 2 is 1.67 bits per heavy atom. The van der Waals surface area contributed by atoms with Gasteiger partial charge in [-0.3, -0.25) is 4.79 Å². The number of likely N-dealkylation sites (N-methyl/N-ethyl adjacent to an activating group) is 1. The largest absolute Gasteiger partial charge is 0.478 e. The van der Waals surface area contributed by atoms with E-state index >= 15 is 0 Å². The molecule has 118 valence electrons. The molecule has 0 bridgehead atoms. The Morgan fingerprint density at radius 1 is 1.14 bits per heavy atom. The molecule has 1 amide bonds. The molecule has 6 heteroatoms. The zero-order valence-electron chi connectivity index (χ0n) is 12.8. The van der Waals surface area contributed by atoms with Crippen LogP contribution < -0.4 is 5.32 Å². The molecule has 0 aliphatic carbocycles. The minimum Gasteiger partial charge on any atom is -0.478 e. The average molecular weight is 296 g/mol. The van der Waals surface area contributed by atoms with Crippen LogP contribution >= 0.6 is 0 Å². The molecular formula is C15H24N2O4. The molecule has 21 heavy (non-hydrogen) atoms. The van der Waals surface area contributed by atoms with Crippen LogP contribution in [0.3, 0.4) is 0 Å². The number of aliphatic hydroxyl groups excluding tert-OH is 1. The van der Waals surface area contributed by atoms with Gasteiger partial charge in [0.25, 0.3) is 0 Å². The molecule has 0 saturated heterocycles. The number of amides is 1. The minimum absolute atomic E-state index is 0.178. The fraction of sp³-hybridized carbons (Fsp3) is 0.467. The minimum atomic E-state index is -0.977. The maximum Gasteiger partial charge on any atom is 0.335 e. The topological polar surface area (TPSA) is 89.9 Å². The highest BCUT2D eigenvalue weighted by Crippen LogP contribution is 2.08. The second-order valence-electron chi connectivity index (χ2n) is 4.31. The van der Waals surface area contributed by atoms with Gasteiger partial charge in [0.1, 0.15) is 0 Å². The van der Waals surface area contributed by atoms with Crippen molar-refractivity contribution in [3.8, 4) is 0 Å². The molecule has 0 aliphatic heterocycles. The molecule has 0 saturated carbocycles. The van der Waals surface area contributed by atoms with E-state index in [2.05, 4.69) is 24.1 Å². The van der Waals surface area contributed by atoms with Crippen LogP contribution in [0.25, 0.3) is 0 Å². The summed E-state index contributed by atoms with van der Waals surface area (Å²) in [6, 6.07) is 5.97. The Hall–Kier alpha value is -1.92. The van der Waals surface area contributed by atoms with Crippen molar-refractivity contribution < 1.29 is 19.8 Å². The van der Waals surface area contributed by atoms with Gasteiger partial charge in [-0.25, -0.2) is 4.79 Å². The number of anilines is 1. The van der Waals surface area contributed by atoms with Crippen molar-refractivity contribution in [3.63, 3.8) is 0 Å². The van der Waals surface area contributed by atoms with Gasteiger partial charge < -0.3 is 20.4 Å². The van der Waals surface area contributed by atoms with Gasteiger partial charge in [0.2, 0.25) is 5.91 Å². The molecule has 0 heterocycles. The summed E-state index contributed by atoms with van der Waals surface area (Å²) in [5, 5.41) is 19.6. The van der Waals surface area contributed by atoms with E-state index in [1.165, 1.54) is 19.1 Å². The molecule has 0 spiro atoms. The van der Waals surface area contributed by atoms with E-state index in [9.17, 15) is 9.59 Å². The monoisotopic (exact) mass is 296 g/mol. The number of carbonyl (C=O) groups excluding carboxylic acids is 1. The van der Waals surface area contributed by atoms with Gasteiger partial charge in [0.05, 0.1) is 12.2 Å². The fourth-order valence-corrected chi connectivity index (χ4v) is 1.58. The lowest BCUT2D eigenvalue weighted by Crippen LogP contribution is -2.25. The Kier molecular flexibility index (Phi) is 9.83. The number of aromatic carboxylic acids is 1. The molecule has 6 nitrogen and oxygen atoms in total. The third kappa shape index (κ3) is 8.78. The highest BCUT2D eigenvalue weighted by atomic mass is 16.4. The van der Waals surface area contributed by atoms with Crippen molar-refractivity contribution in [2.45, 2.75) is 20.8 Å². The maximum atomic E-state index is 10.6. The number of nitrogens with zero attached hydrogens (tertiary/aromatic N) is 1. The number of hydrogen-bond donors (Lipinski definition) is 3. The van der Waals surface area contributed by atoms with Crippen LogP contribution in [0, 0.1) is 0 Å². The van der Waals surface area contributed by atoms with Gasteiger partial charge in [0, 0.05) is 19.2 Å². The quantitative estimate of drug-likeness (QED) is 0.743. The van der Waals surface area contributed by atoms with Crippen LogP contribution in [0.2, 0.25) is 0 Å². The lowest BCUT2D eigenvalue weighted by molar-refractivity contribution is -0.114. The molecule has 1 aromatic rings. The first kappa shape index (κ1) is 19.1. The first-order valence-corrected chi connectivity index (χ1v) is 6.88. The molecular weight excluding hydrogens is 272 g/mol. The number of carbonyl (C=O) groups is 2. The number of carboxylic acids is 1. The molecule has 1 rings (SSSR count). The molecule has 0 atom stereocenters. The van der Waals surface area contributed by atoms with Gasteiger partial charge in [-0.15, -0.1) is 0 Å². The zero-order chi connectivity index (χ0) is 16.3. The molecule has 0 aliphatic rings. The van der Waals surface area contributed by atoms with E-state index < -0.39 is 5.97 Å². The third-order valence-corrected chi connectivity index (χ3v) is 2.76. The highest BCUT2D eigenvalue weighted by molar-refractivity contribution is 5.91. The number of aliphatic hydroxyl groups is 1. The van der Waals surface area contributed by atoms with Gasteiger partial charge in [0.15, 0.2) is 0 Å². The first-order valence-electron chi connectivity index (χ1n) is 6.88. The van der Waals surface area contributed by atoms with Crippen molar-refractivity contribution in [2.75, 3.05) is 31.6 Å². The Bertz CT molecular complexity index is 428. The summed E-state index contributed by atoms with van der Waals surface area (Å²) in [7, 11) is 0.